The van der Waals surface area contributed by atoms with Crippen molar-refractivity contribution in [2.75, 3.05) is 18.6 Å². The smallest absolute Gasteiger partial charge is 0.273 e. The van der Waals surface area contributed by atoms with Gasteiger partial charge in [0.25, 0.3) is 5.69 Å². The number of nitrogens with one attached hydrogen (secondary N) is 1. The molecule has 0 spiro atoms. The Kier molecular flexibility index (Phi) is 8.89. The van der Waals surface area contributed by atoms with Crippen LogP contribution in [0, 0.1) is 10.1 Å². The second-order valence-corrected chi connectivity index (χ2v) is 6.52. The van der Waals surface area contributed by atoms with E-state index >= 15 is 0 Å². The zero-order valence-electron chi connectivity index (χ0n) is 11.7. The van der Waals surface area contributed by atoms with Gasteiger partial charge in [-0.25, -0.2) is 0 Å². The summed E-state index contributed by atoms with van der Waals surface area (Å²) >= 11 is 5.24. The summed E-state index contributed by atoms with van der Waals surface area (Å²) in [6.07, 6.45) is 7.01. The number of rotatable bonds is 10. The van der Waals surface area contributed by atoms with E-state index in [0.717, 1.165) is 23.0 Å². The minimum absolute atomic E-state index is 0.181. The first-order valence-corrected chi connectivity index (χ1v) is 8.96. The molecule has 0 heterocycles. The second kappa shape index (κ2) is 10.2. The zero-order valence-corrected chi connectivity index (χ0v) is 14.1. The molecule has 1 N–H and O–H groups in total. The van der Waals surface area contributed by atoms with Gasteiger partial charge in [0.1, 0.15) is 0 Å². The number of benzene rings is 1. The van der Waals surface area contributed by atoms with Gasteiger partial charge >= 0.3 is 0 Å². The zero-order chi connectivity index (χ0) is 14.8. The minimum atomic E-state index is -0.328. The van der Waals surface area contributed by atoms with Gasteiger partial charge in [-0.1, -0.05) is 28.8 Å². The molecule has 6 heteroatoms. The van der Waals surface area contributed by atoms with Crippen LogP contribution in [0.2, 0.25) is 0 Å². The maximum atomic E-state index is 10.9. The maximum absolute atomic E-state index is 10.9. The highest BCUT2D eigenvalue weighted by Crippen LogP contribution is 2.22. The van der Waals surface area contributed by atoms with Gasteiger partial charge in [-0.05, 0) is 43.5 Å². The summed E-state index contributed by atoms with van der Waals surface area (Å²) in [7, 11) is 0. The lowest BCUT2D eigenvalue weighted by atomic mass is 10.1. The first kappa shape index (κ1) is 17.5. The Balaban J connectivity index is 2.28. The van der Waals surface area contributed by atoms with Crippen LogP contribution in [-0.2, 0) is 6.54 Å². The van der Waals surface area contributed by atoms with Gasteiger partial charge in [-0.3, -0.25) is 10.1 Å². The third-order valence-electron chi connectivity index (χ3n) is 3.01. The number of thioether (sulfide) groups is 1. The Morgan fingerprint density at radius 2 is 2.05 bits per heavy atom. The predicted octanol–water partition coefficient (Wildman–Crippen LogP) is 4.37. The molecule has 0 aliphatic carbocycles. The number of halogens is 1. The van der Waals surface area contributed by atoms with E-state index < -0.39 is 0 Å². The van der Waals surface area contributed by atoms with Crippen molar-refractivity contribution in [1.82, 2.24) is 5.32 Å². The van der Waals surface area contributed by atoms with E-state index in [1.807, 2.05) is 17.8 Å². The van der Waals surface area contributed by atoms with Crippen molar-refractivity contribution in [3.8, 4) is 0 Å². The quantitative estimate of drug-likeness (QED) is 0.382. The molecule has 0 aliphatic heterocycles. The average molecular weight is 361 g/mol. The highest BCUT2D eigenvalue weighted by molar-refractivity contribution is 9.10. The third kappa shape index (κ3) is 6.72. The molecule has 1 aromatic carbocycles. The highest BCUT2D eigenvalue weighted by Gasteiger charge is 2.12. The van der Waals surface area contributed by atoms with E-state index in [4.69, 9.17) is 0 Å². The second-order valence-electron chi connectivity index (χ2n) is 4.61. The van der Waals surface area contributed by atoms with Crippen LogP contribution in [0.5, 0.6) is 0 Å². The lowest BCUT2D eigenvalue weighted by Crippen LogP contribution is -2.15. The molecular weight excluding hydrogens is 340 g/mol. The van der Waals surface area contributed by atoms with Gasteiger partial charge in [0, 0.05) is 22.6 Å². The standard InChI is InChI=1S/C14H21BrN2O2S/c1-20-9-5-3-2-4-8-16-11-12-10-13(15)6-7-14(12)17(18)19/h6-7,10,16H,2-5,8-9,11H2,1H3. The van der Waals surface area contributed by atoms with Crippen LogP contribution in [0.3, 0.4) is 0 Å². The van der Waals surface area contributed by atoms with Gasteiger partial charge in [-0.2, -0.15) is 11.8 Å². The Morgan fingerprint density at radius 3 is 2.75 bits per heavy atom. The molecular formula is C14H21BrN2O2S. The molecule has 0 saturated heterocycles. The van der Waals surface area contributed by atoms with Gasteiger partial charge in [0.2, 0.25) is 0 Å². The van der Waals surface area contributed by atoms with Crippen LogP contribution in [0.1, 0.15) is 31.2 Å². The minimum Gasteiger partial charge on any atom is -0.312 e. The molecule has 0 aromatic heterocycles. The lowest BCUT2D eigenvalue weighted by Gasteiger charge is -2.06. The monoisotopic (exact) mass is 360 g/mol. The molecule has 0 aliphatic rings. The fraction of sp³-hybridized carbons (Fsp3) is 0.571. The molecule has 4 nitrogen and oxygen atoms in total. The van der Waals surface area contributed by atoms with Crippen molar-refractivity contribution in [2.45, 2.75) is 32.2 Å². The van der Waals surface area contributed by atoms with Crippen molar-refractivity contribution in [3.05, 3.63) is 38.3 Å². The van der Waals surface area contributed by atoms with Gasteiger partial charge in [0.05, 0.1) is 4.92 Å². The van der Waals surface area contributed by atoms with Gasteiger partial charge in [-0.15, -0.1) is 0 Å². The Hall–Kier alpha value is -0.590. The van der Waals surface area contributed by atoms with E-state index in [2.05, 4.69) is 27.5 Å². The number of nitrogens with zero attached hydrogens (tertiary/aromatic N) is 1. The molecule has 0 amide bonds. The normalized spacial score (nSPS) is 10.7. The number of nitro groups is 1. The van der Waals surface area contributed by atoms with Gasteiger partial charge in [0.15, 0.2) is 0 Å². The van der Waals surface area contributed by atoms with Gasteiger partial charge < -0.3 is 5.32 Å². The van der Waals surface area contributed by atoms with Crippen LogP contribution in [0.15, 0.2) is 22.7 Å². The molecule has 0 bridgehead atoms. The number of nitro benzene ring substituents is 1. The average Bonchev–Trinajstić information content (AvgIpc) is 2.41. The van der Waals surface area contributed by atoms with Crippen molar-refractivity contribution < 1.29 is 4.92 Å². The molecule has 112 valence electrons. The summed E-state index contributed by atoms with van der Waals surface area (Å²) in [6, 6.07) is 5.06. The van der Waals surface area contributed by atoms with Crippen molar-refractivity contribution in [1.29, 1.82) is 0 Å². The SMILES string of the molecule is CSCCCCCCNCc1cc(Br)ccc1[N+](=O)[O-]. The van der Waals surface area contributed by atoms with Crippen molar-refractivity contribution in [3.63, 3.8) is 0 Å². The molecule has 0 radical (unpaired) electrons. The summed E-state index contributed by atoms with van der Waals surface area (Å²) in [4.78, 5) is 10.6. The maximum Gasteiger partial charge on any atom is 0.273 e. The Morgan fingerprint density at radius 1 is 1.30 bits per heavy atom. The van der Waals surface area contributed by atoms with E-state index in [9.17, 15) is 10.1 Å². The third-order valence-corrected chi connectivity index (χ3v) is 4.20. The first-order valence-electron chi connectivity index (χ1n) is 6.77. The molecule has 0 fully saturated rings. The molecule has 0 saturated carbocycles. The molecule has 1 rings (SSSR count). The number of unbranched alkanes of at least 4 members (excludes halogenated alkanes) is 3. The highest BCUT2D eigenvalue weighted by atomic mass is 79.9. The Bertz CT molecular complexity index is 430. The number of hydrogen-bond acceptors (Lipinski definition) is 4. The first-order chi connectivity index (χ1) is 9.65. The number of hydrogen-bond donors (Lipinski definition) is 1. The van der Waals surface area contributed by atoms with Crippen LogP contribution in [0.25, 0.3) is 0 Å². The van der Waals surface area contributed by atoms with Crippen LogP contribution in [0.4, 0.5) is 5.69 Å². The molecule has 0 atom stereocenters. The van der Waals surface area contributed by atoms with E-state index in [1.54, 1.807) is 12.1 Å². The van der Waals surface area contributed by atoms with Crippen LogP contribution >= 0.6 is 27.7 Å². The summed E-state index contributed by atoms with van der Waals surface area (Å²) in [5, 5.41) is 14.2. The fourth-order valence-corrected chi connectivity index (χ4v) is 2.85. The predicted molar refractivity (Wildman–Crippen MR) is 89.4 cm³/mol. The summed E-state index contributed by atoms with van der Waals surface area (Å²) in [5.41, 5.74) is 0.910. The van der Waals surface area contributed by atoms with E-state index in [0.29, 0.717) is 6.54 Å². The topological polar surface area (TPSA) is 55.2 Å². The van der Waals surface area contributed by atoms with Crippen LogP contribution < -0.4 is 5.32 Å². The summed E-state index contributed by atoms with van der Waals surface area (Å²) < 4.78 is 0.872. The van der Waals surface area contributed by atoms with Crippen molar-refractivity contribution in [2.24, 2.45) is 0 Å². The fourth-order valence-electron chi connectivity index (χ4n) is 1.95. The summed E-state index contributed by atoms with van der Waals surface area (Å²) in [6.45, 7) is 1.45. The lowest BCUT2D eigenvalue weighted by molar-refractivity contribution is -0.385. The molecule has 0 unspecified atom stereocenters. The molecule has 20 heavy (non-hydrogen) atoms. The van der Waals surface area contributed by atoms with E-state index in [-0.39, 0.29) is 10.6 Å². The Labute approximate surface area is 133 Å². The van der Waals surface area contributed by atoms with E-state index in [1.165, 1.54) is 25.0 Å². The van der Waals surface area contributed by atoms with Crippen molar-refractivity contribution >= 4 is 33.4 Å². The largest absolute Gasteiger partial charge is 0.312 e. The van der Waals surface area contributed by atoms with Crippen LogP contribution in [-0.4, -0.2) is 23.5 Å². The molecule has 1 aromatic rings. The summed E-state index contributed by atoms with van der Waals surface area (Å²) in [5.74, 6) is 1.23.